The van der Waals surface area contributed by atoms with Gasteiger partial charge in [-0.2, -0.15) is 0 Å². The molecule has 0 saturated heterocycles. The highest BCUT2D eigenvalue weighted by molar-refractivity contribution is 5.89. The fourth-order valence-electron chi connectivity index (χ4n) is 2.59. The predicted octanol–water partition coefficient (Wildman–Crippen LogP) is 3.40. The summed E-state index contributed by atoms with van der Waals surface area (Å²) in [4.78, 5) is 11.9. The van der Waals surface area contributed by atoms with Gasteiger partial charge in [0.1, 0.15) is 5.75 Å². The lowest BCUT2D eigenvalue weighted by atomic mass is 9.87. The molecule has 2 atom stereocenters. The number of urea groups is 1. The zero-order chi connectivity index (χ0) is 13.7. The topological polar surface area (TPSA) is 50.4 Å². The van der Waals surface area contributed by atoms with Crippen LogP contribution in [0, 0.1) is 5.92 Å². The standard InChI is InChI=1S/C15H22N2O2/c1-11-4-3-5-13(10-11)17-15(18)16-12-6-8-14(19-2)9-7-12/h6-9,11,13H,3-5,10H2,1-2H3,(H2,16,17,18)/t11-,13-/m0/s1. The number of carbonyl (C=O) groups excluding carboxylic acids is 1. The highest BCUT2D eigenvalue weighted by Gasteiger charge is 2.20. The fraction of sp³-hybridized carbons (Fsp3) is 0.533. The molecular weight excluding hydrogens is 240 g/mol. The van der Waals surface area contributed by atoms with Crippen molar-refractivity contribution in [2.45, 2.75) is 38.6 Å². The van der Waals surface area contributed by atoms with Crippen LogP contribution in [-0.2, 0) is 0 Å². The van der Waals surface area contributed by atoms with Crippen LogP contribution in [0.25, 0.3) is 0 Å². The molecule has 19 heavy (non-hydrogen) atoms. The SMILES string of the molecule is COc1ccc(NC(=O)N[C@H]2CCC[C@H](C)C2)cc1. The summed E-state index contributed by atoms with van der Waals surface area (Å²) in [6.45, 7) is 2.25. The van der Waals surface area contributed by atoms with E-state index in [0.717, 1.165) is 24.3 Å². The average Bonchev–Trinajstić information content (AvgIpc) is 2.39. The first kappa shape index (κ1) is 13.7. The summed E-state index contributed by atoms with van der Waals surface area (Å²) < 4.78 is 5.08. The molecule has 104 valence electrons. The third-order valence-corrected chi connectivity index (χ3v) is 3.62. The molecule has 1 saturated carbocycles. The molecule has 0 aromatic heterocycles. The van der Waals surface area contributed by atoms with Gasteiger partial charge in [0.15, 0.2) is 0 Å². The van der Waals surface area contributed by atoms with E-state index in [4.69, 9.17) is 4.74 Å². The van der Waals surface area contributed by atoms with Gasteiger partial charge in [0.25, 0.3) is 0 Å². The number of nitrogens with one attached hydrogen (secondary N) is 2. The van der Waals surface area contributed by atoms with Crippen molar-refractivity contribution in [2.75, 3.05) is 12.4 Å². The molecule has 0 bridgehead atoms. The van der Waals surface area contributed by atoms with Crippen molar-refractivity contribution in [1.82, 2.24) is 5.32 Å². The Morgan fingerprint density at radius 3 is 2.63 bits per heavy atom. The number of rotatable bonds is 3. The van der Waals surface area contributed by atoms with Crippen LogP contribution in [-0.4, -0.2) is 19.2 Å². The second-order valence-electron chi connectivity index (χ2n) is 5.30. The summed E-state index contributed by atoms with van der Waals surface area (Å²) in [5.74, 6) is 1.49. The molecule has 2 amide bonds. The van der Waals surface area contributed by atoms with Gasteiger partial charge >= 0.3 is 6.03 Å². The van der Waals surface area contributed by atoms with Crippen molar-refractivity contribution in [3.63, 3.8) is 0 Å². The Morgan fingerprint density at radius 1 is 1.26 bits per heavy atom. The minimum absolute atomic E-state index is 0.121. The van der Waals surface area contributed by atoms with Crippen LogP contribution >= 0.6 is 0 Å². The lowest BCUT2D eigenvalue weighted by molar-refractivity contribution is 0.238. The van der Waals surface area contributed by atoms with E-state index in [0.29, 0.717) is 12.0 Å². The number of amides is 2. The molecule has 4 heteroatoms. The maximum Gasteiger partial charge on any atom is 0.319 e. The summed E-state index contributed by atoms with van der Waals surface area (Å²) >= 11 is 0. The molecule has 1 aromatic carbocycles. The van der Waals surface area contributed by atoms with E-state index in [1.807, 2.05) is 24.3 Å². The van der Waals surface area contributed by atoms with Crippen molar-refractivity contribution in [2.24, 2.45) is 5.92 Å². The normalized spacial score (nSPS) is 22.6. The Balaban J connectivity index is 1.83. The minimum atomic E-state index is -0.121. The quantitative estimate of drug-likeness (QED) is 0.877. The van der Waals surface area contributed by atoms with E-state index in [2.05, 4.69) is 17.6 Å². The molecule has 0 spiro atoms. The number of hydrogen-bond donors (Lipinski definition) is 2. The van der Waals surface area contributed by atoms with Gasteiger partial charge in [-0.3, -0.25) is 0 Å². The highest BCUT2D eigenvalue weighted by Crippen LogP contribution is 2.23. The molecule has 1 aromatic rings. The Hall–Kier alpha value is -1.71. The molecular formula is C15H22N2O2. The summed E-state index contributed by atoms with van der Waals surface area (Å²) in [5, 5.41) is 5.89. The van der Waals surface area contributed by atoms with E-state index in [1.165, 1.54) is 12.8 Å². The highest BCUT2D eigenvalue weighted by atomic mass is 16.5. The van der Waals surface area contributed by atoms with Gasteiger partial charge in [-0.05, 0) is 43.0 Å². The van der Waals surface area contributed by atoms with Crippen molar-refractivity contribution < 1.29 is 9.53 Å². The number of carbonyl (C=O) groups is 1. The monoisotopic (exact) mass is 262 g/mol. The average molecular weight is 262 g/mol. The lowest BCUT2D eigenvalue weighted by Crippen LogP contribution is -2.40. The van der Waals surface area contributed by atoms with Crippen LogP contribution in [0.15, 0.2) is 24.3 Å². The van der Waals surface area contributed by atoms with Crippen LogP contribution in [0.5, 0.6) is 5.75 Å². The van der Waals surface area contributed by atoms with E-state index in [-0.39, 0.29) is 6.03 Å². The van der Waals surface area contributed by atoms with Crippen LogP contribution < -0.4 is 15.4 Å². The summed E-state index contributed by atoms with van der Waals surface area (Å²) in [7, 11) is 1.62. The van der Waals surface area contributed by atoms with Crippen molar-refractivity contribution in [3.05, 3.63) is 24.3 Å². The Labute approximate surface area is 114 Å². The maximum absolute atomic E-state index is 11.9. The van der Waals surface area contributed by atoms with E-state index < -0.39 is 0 Å². The first-order valence-corrected chi connectivity index (χ1v) is 6.89. The number of methoxy groups -OCH3 is 1. The summed E-state index contributed by atoms with van der Waals surface area (Å²) in [5.41, 5.74) is 0.780. The number of hydrogen-bond acceptors (Lipinski definition) is 2. The second-order valence-corrected chi connectivity index (χ2v) is 5.30. The van der Waals surface area contributed by atoms with Crippen LogP contribution in [0.1, 0.15) is 32.6 Å². The van der Waals surface area contributed by atoms with E-state index in [9.17, 15) is 4.79 Å². The van der Waals surface area contributed by atoms with E-state index >= 15 is 0 Å². The molecule has 4 nitrogen and oxygen atoms in total. The Kier molecular flexibility index (Phi) is 4.66. The Bertz CT molecular complexity index is 417. The number of anilines is 1. The Morgan fingerprint density at radius 2 is 2.00 bits per heavy atom. The zero-order valence-corrected chi connectivity index (χ0v) is 11.6. The van der Waals surface area contributed by atoms with Crippen molar-refractivity contribution in [3.8, 4) is 5.75 Å². The summed E-state index contributed by atoms with van der Waals surface area (Å²) in [6.07, 6.45) is 4.64. The lowest BCUT2D eigenvalue weighted by Gasteiger charge is -2.27. The third-order valence-electron chi connectivity index (χ3n) is 3.62. The van der Waals surface area contributed by atoms with Gasteiger partial charge in [0.05, 0.1) is 7.11 Å². The molecule has 1 aliphatic carbocycles. The number of benzene rings is 1. The zero-order valence-electron chi connectivity index (χ0n) is 11.6. The molecule has 2 rings (SSSR count). The first-order valence-electron chi connectivity index (χ1n) is 6.89. The van der Waals surface area contributed by atoms with Gasteiger partial charge in [0.2, 0.25) is 0 Å². The third kappa shape index (κ3) is 4.16. The van der Waals surface area contributed by atoms with Crippen LogP contribution in [0.3, 0.4) is 0 Å². The smallest absolute Gasteiger partial charge is 0.319 e. The first-order chi connectivity index (χ1) is 9.17. The molecule has 0 radical (unpaired) electrons. The van der Waals surface area contributed by atoms with E-state index in [1.54, 1.807) is 7.11 Å². The second kappa shape index (κ2) is 6.45. The van der Waals surface area contributed by atoms with Crippen LogP contribution in [0.4, 0.5) is 10.5 Å². The largest absolute Gasteiger partial charge is 0.497 e. The van der Waals surface area contributed by atoms with Crippen molar-refractivity contribution in [1.29, 1.82) is 0 Å². The number of ether oxygens (including phenoxy) is 1. The van der Waals surface area contributed by atoms with Gasteiger partial charge in [-0.1, -0.05) is 19.8 Å². The molecule has 0 heterocycles. The molecule has 0 aliphatic heterocycles. The molecule has 1 aliphatic rings. The molecule has 1 fully saturated rings. The maximum atomic E-state index is 11.9. The predicted molar refractivity (Wildman–Crippen MR) is 76.6 cm³/mol. The summed E-state index contributed by atoms with van der Waals surface area (Å²) in [6, 6.07) is 7.52. The van der Waals surface area contributed by atoms with Gasteiger partial charge in [-0.25, -0.2) is 4.79 Å². The van der Waals surface area contributed by atoms with Gasteiger partial charge < -0.3 is 15.4 Å². The minimum Gasteiger partial charge on any atom is -0.497 e. The van der Waals surface area contributed by atoms with Gasteiger partial charge in [0, 0.05) is 11.7 Å². The van der Waals surface area contributed by atoms with Crippen LogP contribution in [0.2, 0.25) is 0 Å². The molecule has 2 N–H and O–H groups in total. The van der Waals surface area contributed by atoms with Gasteiger partial charge in [-0.15, -0.1) is 0 Å². The molecule has 0 unspecified atom stereocenters. The fourth-order valence-corrected chi connectivity index (χ4v) is 2.59. The van der Waals surface area contributed by atoms with Crippen molar-refractivity contribution >= 4 is 11.7 Å².